The van der Waals surface area contributed by atoms with E-state index in [4.69, 9.17) is 14.2 Å². The van der Waals surface area contributed by atoms with Crippen molar-refractivity contribution in [2.75, 3.05) is 6.61 Å². The fourth-order valence-corrected chi connectivity index (χ4v) is 1.83. The first-order chi connectivity index (χ1) is 8.81. The van der Waals surface area contributed by atoms with Gasteiger partial charge in [-0.25, -0.2) is 0 Å². The second-order valence-corrected chi connectivity index (χ2v) is 4.17. The number of aliphatic hydroxyl groups excluding tert-OH is 1. The van der Waals surface area contributed by atoms with E-state index in [1.807, 2.05) is 0 Å². The molecular formula is C11H17NO7. The number of nitrogens with one attached hydrogen (secondary N) is 1. The van der Waals surface area contributed by atoms with Gasteiger partial charge in [-0.2, -0.15) is 0 Å². The Morgan fingerprint density at radius 2 is 1.74 bits per heavy atom. The van der Waals surface area contributed by atoms with Crippen LogP contribution in [0.2, 0.25) is 0 Å². The number of ether oxygens (including phenoxy) is 3. The lowest BCUT2D eigenvalue weighted by atomic mass is 10.0. The predicted octanol–water partition coefficient (Wildman–Crippen LogP) is -1.30. The fourth-order valence-electron chi connectivity index (χ4n) is 1.83. The predicted molar refractivity (Wildman–Crippen MR) is 60.7 cm³/mol. The molecule has 1 amide bonds. The van der Waals surface area contributed by atoms with Crippen LogP contribution in [0.5, 0.6) is 0 Å². The van der Waals surface area contributed by atoms with Crippen LogP contribution in [-0.4, -0.2) is 54.1 Å². The molecule has 0 aliphatic carbocycles. The van der Waals surface area contributed by atoms with Crippen LogP contribution >= 0.6 is 0 Å². The number of amides is 1. The van der Waals surface area contributed by atoms with Gasteiger partial charge in [-0.3, -0.25) is 14.4 Å². The zero-order valence-corrected chi connectivity index (χ0v) is 10.9. The molecule has 0 unspecified atom stereocenters. The second-order valence-electron chi connectivity index (χ2n) is 4.17. The molecule has 1 aliphatic rings. The minimum atomic E-state index is -1.40. The molecule has 0 aromatic rings. The normalized spacial score (nSPS) is 30.3. The third kappa shape index (κ3) is 4.49. The van der Waals surface area contributed by atoms with Gasteiger partial charge in [0.15, 0.2) is 12.4 Å². The highest BCUT2D eigenvalue weighted by atomic mass is 16.7. The molecule has 0 bridgehead atoms. The van der Waals surface area contributed by atoms with Gasteiger partial charge in [-0.1, -0.05) is 0 Å². The fraction of sp³-hybridized carbons (Fsp3) is 0.727. The molecule has 19 heavy (non-hydrogen) atoms. The molecule has 0 spiro atoms. The lowest BCUT2D eigenvalue weighted by Gasteiger charge is -2.39. The van der Waals surface area contributed by atoms with E-state index in [1.165, 1.54) is 13.8 Å². The molecule has 1 saturated heterocycles. The summed E-state index contributed by atoms with van der Waals surface area (Å²) >= 11 is 0. The molecule has 0 radical (unpaired) electrons. The summed E-state index contributed by atoms with van der Waals surface area (Å²) in [4.78, 5) is 33.2. The van der Waals surface area contributed by atoms with E-state index in [0.29, 0.717) is 0 Å². The Balaban J connectivity index is 2.89. The number of rotatable bonds is 3. The lowest BCUT2D eigenvalue weighted by molar-refractivity contribution is -0.238. The second kappa shape index (κ2) is 6.48. The number of aliphatic hydroxyl groups is 1. The van der Waals surface area contributed by atoms with Gasteiger partial charge in [0.2, 0.25) is 5.91 Å². The van der Waals surface area contributed by atoms with Crippen molar-refractivity contribution in [2.24, 2.45) is 0 Å². The Labute approximate surface area is 110 Å². The zero-order chi connectivity index (χ0) is 14.6. The quantitative estimate of drug-likeness (QED) is 0.616. The van der Waals surface area contributed by atoms with Gasteiger partial charge < -0.3 is 24.6 Å². The molecule has 1 heterocycles. The van der Waals surface area contributed by atoms with E-state index in [0.717, 1.165) is 6.92 Å². The van der Waals surface area contributed by atoms with Gasteiger partial charge in [0.05, 0.1) is 6.61 Å². The van der Waals surface area contributed by atoms with Crippen molar-refractivity contribution in [3.05, 3.63) is 0 Å². The molecule has 2 N–H and O–H groups in total. The summed E-state index contributed by atoms with van der Waals surface area (Å²) in [6.45, 7) is 3.52. The smallest absolute Gasteiger partial charge is 0.303 e. The standard InChI is InChI=1S/C11H17NO7/c1-5(13)12-9-8(18-6(2)14)4-17-11(16)10(9)19-7(3)15/h8-11,16H,4H2,1-3H3,(H,12,13)/t8-,9-,10-,11-/m1/s1. The van der Waals surface area contributed by atoms with Crippen LogP contribution in [0.3, 0.4) is 0 Å². The Bertz CT molecular complexity index is 370. The average Bonchev–Trinajstić information content (AvgIpc) is 2.25. The lowest BCUT2D eigenvalue weighted by Crippen LogP contribution is -2.62. The van der Waals surface area contributed by atoms with Crippen molar-refractivity contribution < 1.29 is 33.7 Å². The molecule has 108 valence electrons. The van der Waals surface area contributed by atoms with E-state index in [1.54, 1.807) is 0 Å². The van der Waals surface area contributed by atoms with Crippen LogP contribution < -0.4 is 5.32 Å². The van der Waals surface area contributed by atoms with E-state index in [2.05, 4.69) is 5.32 Å². The number of carbonyl (C=O) groups is 3. The maximum atomic E-state index is 11.2. The number of hydrogen-bond acceptors (Lipinski definition) is 7. The van der Waals surface area contributed by atoms with E-state index in [-0.39, 0.29) is 6.61 Å². The SMILES string of the molecule is CC(=O)N[C@H]1[C@@H](OC(C)=O)[C@H](O)OC[C@H]1OC(C)=O. The van der Waals surface area contributed by atoms with Gasteiger partial charge in [0.1, 0.15) is 12.1 Å². The topological polar surface area (TPSA) is 111 Å². The van der Waals surface area contributed by atoms with Gasteiger partial charge >= 0.3 is 11.9 Å². The Morgan fingerprint density at radius 3 is 2.21 bits per heavy atom. The largest absolute Gasteiger partial charge is 0.458 e. The monoisotopic (exact) mass is 275 g/mol. The Morgan fingerprint density at radius 1 is 1.16 bits per heavy atom. The first-order valence-corrected chi connectivity index (χ1v) is 5.72. The molecule has 0 aromatic heterocycles. The van der Waals surface area contributed by atoms with E-state index < -0.39 is 42.4 Å². The third-order valence-corrected chi connectivity index (χ3v) is 2.46. The first-order valence-electron chi connectivity index (χ1n) is 5.72. The first kappa shape index (κ1) is 15.4. The molecule has 8 heteroatoms. The molecule has 1 rings (SSSR count). The van der Waals surface area contributed by atoms with Crippen molar-refractivity contribution in [3.63, 3.8) is 0 Å². The molecule has 0 aromatic carbocycles. The van der Waals surface area contributed by atoms with Crippen LogP contribution in [0.1, 0.15) is 20.8 Å². The summed E-state index contributed by atoms with van der Waals surface area (Å²) in [5.41, 5.74) is 0. The van der Waals surface area contributed by atoms with Crippen LogP contribution in [0.4, 0.5) is 0 Å². The van der Waals surface area contributed by atoms with Gasteiger partial charge in [-0.05, 0) is 0 Å². The van der Waals surface area contributed by atoms with Crippen molar-refractivity contribution in [3.8, 4) is 0 Å². The maximum absolute atomic E-state index is 11.2. The Hall–Kier alpha value is -1.67. The third-order valence-electron chi connectivity index (χ3n) is 2.46. The number of carbonyl (C=O) groups excluding carboxylic acids is 3. The van der Waals surface area contributed by atoms with Crippen LogP contribution in [0.25, 0.3) is 0 Å². The highest BCUT2D eigenvalue weighted by molar-refractivity contribution is 5.74. The highest BCUT2D eigenvalue weighted by Crippen LogP contribution is 2.20. The summed E-state index contributed by atoms with van der Waals surface area (Å²) in [6.07, 6.45) is -3.37. The minimum Gasteiger partial charge on any atom is -0.458 e. The van der Waals surface area contributed by atoms with Gasteiger partial charge in [0.25, 0.3) is 0 Å². The van der Waals surface area contributed by atoms with E-state index in [9.17, 15) is 19.5 Å². The van der Waals surface area contributed by atoms with Crippen LogP contribution in [0.15, 0.2) is 0 Å². The molecule has 0 saturated carbocycles. The van der Waals surface area contributed by atoms with Crippen molar-refractivity contribution in [1.82, 2.24) is 5.32 Å². The van der Waals surface area contributed by atoms with Crippen LogP contribution in [-0.2, 0) is 28.6 Å². The van der Waals surface area contributed by atoms with Crippen molar-refractivity contribution >= 4 is 17.8 Å². The number of esters is 2. The zero-order valence-electron chi connectivity index (χ0n) is 10.9. The summed E-state index contributed by atoms with van der Waals surface area (Å²) in [7, 11) is 0. The molecular weight excluding hydrogens is 258 g/mol. The Kier molecular flexibility index (Phi) is 5.25. The summed E-state index contributed by atoms with van der Waals surface area (Å²) < 4.78 is 14.9. The summed E-state index contributed by atoms with van der Waals surface area (Å²) in [5, 5.41) is 12.2. The molecule has 4 atom stereocenters. The molecule has 1 aliphatic heterocycles. The van der Waals surface area contributed by atoms with Gasteiger partial charge in [-0.15, -0.1) is 0 Å². The van der Waals surface area contributed by atoms with E-state index >= 15 is 0 Å². The highest BCUT2D eigenvalue weighted by Gasteiger charge is 2.44. The summed E-state index contributed by atoms with van der Waals surface area (Å²) in [5.74, 6) is -1.62. The molecule has 8 nitrogen and oxygen atoms in total. The number of hydrogen-bond donors (Lipinski definition) is 2. The maximum Gasteiger partial charge on any atom is 0.303 e. The molecule has 1 fully saturated rings. The van der Waals surface area contributed by atoms with Crippen LogP contribution in [0, 0.1) is 0 Å². The summed E-state index contributed by atoms with van der Waals surface area (Å²) in [6, 6.07) is -0.867. The van der Waals surface area contributed by atoms with Crippen molar-refractivity contribution in [2.45, 2.75) is 45.3 Å². The minimum absolute atomic E-state index is 0.108. The van der Waals surface area contributed by atoms with Gasteiger partial charge in [0, 0.05) is 20.8 Å². The average molecular weight is 275 g/mol. The van der Waals surface area contributed by atoms with Crippen molar-refractivity contribution in [1.29, 1.82) is 0 Å².